The third-order valence-electron chi connectivity index (χ3n) is 4.10. The monoisotopic (exact) mass is 333 g/mol. The summed E-state index contributed by atoms with van der Waals surface area (Å²) < 4.78 is 6.82. The standard InChI is InChI=1S/C15H19N5O4/c1-8(2)13(23)24-6-15(5-21)3-9(15)4-20-7-17-10-11(20)18-14(16)19-12(10)22/h4,7-8,21H,3,5-6H2,1-2H3,(H3,16,18,19,22)/b9-4-. The molecule has 1 saturated carbocycles. The van der Waals surface area contributed by atoms with E-state index in [1.807, 2.05) is 0 Å². The van der Waals surface area contributed by atoms with Crippen molar-refractivity contribution < 1.29 is 14.6 Å². The number of aliphatic hydroxyl groups excluding tert-OH is 1. The molecule has 1 aliphatic rings. The van der Waals surface area contributed by atoms with Crippen LogP contribution in [0.2, 0.25) is 0 Å². The Bertz CT molecular complexity index is 882. The number of H-pyrrole nitrogens is 1. The molecule has 0 spiro atoms. The number of nitrogens with two attached hydrogens (primary N) is 1. The van der Waals surface area contributed by atoms with Gasteiger partial charge in [-0.2, -0.15) is 4.98 Å². The third kappa shape index (κ3) is 2.78. The molecule has 24 heavy (non-hydrogen) atoms. The number of fused-ring (bicyclic) bond motifs is 1. The normalized spacial score (nSPS) is 21.6. The second-order valence-electron chi connectivity index (χ2n) is 6.31. The zero-order valence-corrected chi connectivity index (χ0v) is 13.4. The zero-order valence-electron chi connectivity index (χ0n) is 13.4. The lowest BCUT2D eigenvalue weighted by molar-refractivity contribution is -0.149. The molecule has 1 unspecified atom stereocenters. The molecule has 9 nitrogen and oxygen atoms in total. The number of imidazole rings is 1. The van der Waals surface area contributed by atoms with Crippen molar-refractivity contribution in [3.05, 3.63) is 22.3 Å². The summed E-state index contributed by atoms with van der Waals surface area (Å²) >= 11 is 0. The fourth-order valence-corrected chi connectivity index (χ4v) is 2.43. The molecule has 1 fully saturated rings. The Kier molecular flexibility index (Phi) is 3.88. The van der Waals surface area contributed by atoms with E-state index >= 15 is 0 Å². The molecule has 9 heteroatoms. The Morgan fingerprint density at radius 1 is 1.62 bits per heavy atom. The lowest BCUT2D eigenvalue weighted by atomic mass is 10.1. The molecule has 0 aliphatic heterocycles. The lowest BCUT2D eigenvalue weighted by Crippen LogP contribution is -2.21. The van der Waals surface area contributed by atoms with Crippen LogP contribution in [0.1, 0.15) is 20.3 Å². The molecule has 2 heterocycles. The van der Waals surface area contributed by atoms with E-state index in [1.165, 1.54) is 6.33 Å². The summed E-state index contributed by atoms with van der Waals surface area (Å²) in [6, 6.07) is 0. The number of aliphatic hydroxyl groups is 1. The number of nitrogens with one attached hydrogen (secondary N) is 1. The minimum absolute atomic E-state index is 0.00253. The number of nitrogen functional groups attached to an aromatic ring is 1. The number of carbonyl (C=O) groups is 1. The molecule has 1 aliphatic carbocycles. The largest absolute Gasteiger partial charge is 0.464 e. The van der Waals surface area contributed by atoms with E-state index in [0.29, 0.717) is 12.1 Å². The van der Waals surface area contributed by atoms with Crippen molar-refractivity contribution in [2.75, 3.05) is 18.9 Å². The summed E-state index contributed by atoms with van der Waals surface area (Å²) in [4.78, 5) is 33.9. The van der Waals surface area contributed by atoms with Crippen LogP contribution in [0, 0.1) is 11.3 Å². The number of nitrogens with zero attached hydrogens (tertiary/aromatic N) is 3. The van der Waals surface area contributed by atoms with Crippen molar-refractivity contribution in [1.29, 1.82) is 0 Å². The van der Waals surface area contributed by atoms with Crippen molar-refractivity contribution in [1.82, 2.24) is 19.5 Å². The molecule has 128 valence electrons. The topological polar surface area (TPSA) is 136 Å². The maximum absolute atomic E-state index is 11.8. The number of ether oxygens (including phenoxy) is 1. The van der Waals surface area contributed by atoms with Gasteiger partial charge >= 0.3 is 5.97 Å². The maximum Gasteiger partial charge on any atom is 0.308 e. The van der Waals surface area contributed by atoms with Gasteiger partial charge in [-0.25, -0.2) is 4.98 Å². The van der Waals surface area contributed by atoms with Crippen molar-refractivity contribution in [3.8, 4) is 0 Å². The van der Waals surface area contributed by atoms with Crippen molar-refractivity contribution >= 4 is 29.3 Å². The fourth-order valence-electron chi connectivity index (χ4n) is 2.43. The van der Waals surface area contributed by atoms with Crippen molar-refractivity contribution in [2.45, 2.75) is 20.3 Å². The molecule has 0 bridgehead atoms. The van der Waals surface area contributed by atoms with Gasteiger partial charge in [-0.1, -0.05) is 13.8 Å². The number of aromatic nitrogens is 4. The number of hydrogen-bond acceptors (Lipinski definition) is 7. The van der Waals surface area contributed by atoms with Gasteiger partial charge in [0, 0.05) is 6.20 Å². The van der Waals surface area contributed by atoms with Crippen LogP contribution >= 0.6 is 0 Å². The van der Waals surface area contributed by atoms with Crippen LogP contribution in [0.25, 0.3) is 17.4 Å². The lowest BCUT2D eigenvalue weighted by Gasteiger charge is -2.13. The Hall–Kier alpha value is -2.68. The van der Waals surface area contributed by atoms with Crippen LogP contribution in [-0.4, -0.2) is 43.8 Å². The molecule has 2 aromatic rings. The van der Waals surface area contributed by atoms with E-state index < -0.39 is 11.0 Å². The summed E-state index contributed by atoms with van der Waals surface area (Å²) in [6.45, 7) is 3.49. The first-order chi connectivity index (χ1) is 11.4. The van der Waals surface area contributed by atoms with E-state index in [-0.39, 0.29) is 36.6 Å². The molecule has 0 amide bonds. The number of aromatic amines is 1. The molecule has 4 N–H and O–H groups in total. The van der Waals surface area contributed by atoms with Crippen LogP contribution in [0.3, 0.4) is 0 Å². The van der Waals surface area contributed by atoms with Crippen LogP contribution < -0.4 is 11.3 Å². The Morgan fingerprint density at radius 3 is 3.04 bits per heavy atom. The van der Waals surface area contributed by atoms with E-state index in [2.05, 4.69) is 15.0 Å². The van der Waals surface area contributed by atoms with E-state index in [9.17, 15) is 14.7 Å². The van der Waals surface area contributed by atoms with Crippen LogP contribution in [0.4, 0.5) is 5.95 Å². The second kappa shape index (κ2) is 5.75. The number of anilines is 1. The summed E-state index contributed by atoms with van der Waals surface area (Å²) in [5.41, 5.74) is 5.98. The van der Waals surface area contributed by atoms with Gasteiger partial charge in [-0.3, -0.25) is 19.1 Å². The quantitative estimate of drug-likeness (QED) is 0.661. The van der Waals surface area contributed by atoms with Crippen molar-refractivity contribution in [3.63, 3.8) is 0 Å². The van der Waals surface area contributed by atoms with Crippen LogP contribution in [-0.2, 0) is 9.53 Å². The first-order valence-corrected chi connectivity index (χ1v) is 7.57. The SMILES string of the molecule is CC(C)C(=O)OCC1(CO)C/C1=C/n1cnc2c(=O)[nH]c(N)nc21. The van der Waals surface area contributed by atoms with Gasteiger partial charge in [-0.15, -0.1) is 0 Å². The van der Waals surface area contributed by atoms with Gasteiger partial charge in [0.1, 0.15) is 12.9 Å². The van der Waals surface area contributed by atoms with Crippen LogP contribution in [0.5, 0.6) is 0 Å². The third-order valence-corrected chi connectivity index (χ3v) is 4.10. The molecule has 0 saturated heterocycles. The molecule has 0 aromatic carbocycles. The first-order valence-electron chi connectivity index (χ1n) is 7.57. The molecule has 3 rings (SSSR count). The smallest absolute Gasteiger partial charge is 0.308 e. The van der Waals surface area contributed by atoms with E-state index in [0.717, 1.165) is 5.57 Å². The van der Waals surface area contributed by atoms with E-state index in [1.54, 1.807) is 24.6 Å². The minimum Gasteiger partial charge on any atom is -0.464 e. The van der Waals surface area contributed by atoms with Gasteiger partial charge in [0.15, 0.2) is 11.2 Å². The molecular formula is C15H19N5O4. The number of carbonyl (C=O) groups excluding carboxylic acids is 1. The summed E-state index contributed by atoms with van der Waals surface area (Å²) in [5, 5.41) is 9.66. The molecule has 2 aromatic heterocycles. The second-order valence-corrected chi connectivity index (χ2v) is 6.31. The average molecular weight is 333 g/mol. The summed E-state index contributed by atoms with van der Waals surface area (Å²) in [6.07, 6.45) is 3.79. The van der Waals surface area contributed by atoms with Gasteiger partial charge in [0.25, 0.3) is 5.56 Å². The fraction of sp³-hybridized carbons (Fsp3) is 0.467. The highest BCUT2D eigenvalue weighted by atomic mass is 16.5. The molecular weight excluding hydrogens is 314 g/mol. The van der Waals surface area contributed by atoms with Gasteiger partial charge in [0.2, 0.25) is 5.95 Å². The highest BCUT2D eigenvalue weighted by Gasteiger charge is 2.50. The molecule has 0 radical (unpaired) electrons. The molecule has 1 atom stereocenters. The van der Waals surface area contributed by atoms with E-state index in [4.69, 9.17) is 10.5 Å². The summed E-state index contributed by atoms with van der Waals surface area (Å²) in [5.74, 6) is -0.519. The average Bonchev–Trinajstić information content (AvgIpc) is 3.07. The Labute approximate surface area is 137 Å². The van der Waals surface area contributed by atoms with Crippen LogP contribution in [0.15, 0.2) is 16.7 Å². The van der Waals surface area contributed by atoms with Gasteiger partial charge in [-0.05, 0) is 12.0 Å². The Morgan fingerprint density at radius 2 is 2.38 bits per heavy atom. The zero-order chi connectivity index (χ0) is 17.5. The predicted molar refractivity (Wildman–Crippen MR) is 86.8 cm³/mol. The highest BCUT2D eigenvalue weighted by molar-refractivity contribution is 5.74. The van der Waals surface area contributed by atoms with Crippen molar-refractivity contribution in [2.24, 2.45) is 11.3 Å². The maximum atomic E-state index is 11.8. The van der Waals surface area contributed by atoms with Gasteiger partial charge in [0.05, 0.1) is 17.9 Å². The summed E-state index contributed by atoms with van der Waals surface area (Å²) in [7, 11) is 0. The van der Waals surface area contributed by atoms with Gasteiger partial charge < -0.3 is 15.6 Å². The highest BCUT2D eigenvalue weighted by Crippen LogP contribution is 2.52. The predicted octanol–water partition coefficient (Wildman–Crippen LogP) is 0.124. The number of rotatable bonds is 5. The first kappa shape index (κ1) is 16.2. The Balaban J connectivity index is 1.85. The number of hydrogen-bond donors (Lipinski definition) is 3. The minimum atomic E-state index is -0.576. The number of esters is 1.